The third kappa shape index (κ3) is 6.92. The molecule has 0 aromatic heterocycles. The van der Waals surface area contributed by atoms with Gasteiger partial charge in [0.05, 0.1) is 0 Å². The molecule has 1 atom stereocenters. The second-order valence-electron chi connectivity index (χ2n) is 5.85. The Morgan fingerprint density at radius 3 is 2.63 bits per heavy atom. The molecule has 0 spiro atoms. The summed E-state index contributed by atoms with van der Waals surface area (Å²) >= 11 is 0. The number of amides is 1. The third-order valence-corrected chi connectivity index (χ3v) is 4.20. The van der Waals surface area contributed by atoms with Crippen molar-refractivity contribution in [2.45, 2.75) is 58.4 Å². The number of nitrogens with zero attached hydrogens (tertiary/aromatic N) is 1. The molecular formula is C15H31N3O. The molecule has 1 aliphatic heterocycles. The molecule has 19 heavy (non-hydrogen) atoms. The minimum absolute atomic E-state index is 0.184. The molecule has 1 heterocycles. The number of carbonyl (C=O) groups is 1. The third-order valence-electron chi connectivity index (χ3n) is 4.20. The highest BCUT2D eigenvalue weighted by Gasteiger charge is 2.22. The minimum Gasteiger partial charge on any atom is -0.370 e. The first-order valence-corrected chi connectivity index (χ1v) is 7.87. The van der Waals surface area contributed by atoms with Gasteiger partial charge in [-0.1, -0.05) is 6.92 Å². The van der Waals surface area contributed by atoms with Crippen LogP contribution in [0.15, 0.2) is 0 Å². The van der Waals surface area contributed by atoms with Gasteiger partial charge in [-0.2, -0.15) is 0 Å². The maximum absolute atomic E-state index is 10.6. The van der Waals surface area contributed by atoms with Gasteiger partial charge < -0.3 is 16.0 Å². The van der Waals surface area contributed by atoms with Crippen LogP contribution in [0.1, 0.15) is 52.4 Å². The lowest BCUT2D eigenvalue weighted by Gasteiger charge is -2.35. The Bertz CT molecular complexity index is 250. The minimum atomic E-state index is -0.184. The van der Waals surface area contributed by atoms with E-state index in [1.54, 1.807) is 0 Å². The van der Waals surface area contributed by atoms with Gasteiger partial charge in [0, 0.05) is 12.5 Å². The van der Waals surface area contributed by atoms with Crippen LogP contribution in [0.4, 0.5) is 0 Å². The van der Waals surface area contributed by atoms with Crippen LogP contribution in [0.5, 0.6) is 0 Å². The standard InChI is InChI=1S/C15H31N3O/c1-3-10-18-11-7-14(8-12-18)13(2)17-9-5-4-6-15(16)19/h13-14,17H,3-12H2,1-2H3,(H2,16,19). The van der Waals surface area contributed by atoms with Crippen LogP contribution in [-0.2, 0) is 4.79 Å². The summed E-state index contributed by atoms with van der Waals surface area (Å²) < 4.78 is 0. The second-order valence-corrected chi connectivity index (χ2v) is 5.85. The van der Waals surface area contributed by atoms with Crippen molar-refractivity contribution >= 4 is 5.91 Å². The van der Waals surface area contributed by atoms with E-state index in [4.69, 9.17) is 5.73 Å². The van der Waals surface area contributed by atoms with Crippen LogP contribution in [0.25, 0.3) is 0 Å². The highest BCUT2D eigenvalue weighted by Crippen LogP contribution is 2.20. The molecule has 112 valence electrons. The van der Waals surface area contributed by atoms with Crippen LogP contribution < -0.4 is 11.1 Å². The van der Waals surface area contributed by atoms with E-state index in [9.17, 15) is 4.79 Å². The van der Waals surface area contributed by atoms with Crippen molar-refractivity contribution in [3.05, 3.63) is 0 Å². The van der Waals surface area contributed by atoms with Gasteiger partial charge in [-0.15, -0.1) is 0 Å². The largest absolute Gasteiger partial charge is 0.370 e. The molecule has 0 aliphatic carbocycles. The summed E-state index contributed by atoms with van der Waals surface area (Å²) in [6.07, 6.45) is 6.36. The van der Waals surface area contributed by atoms with E-state index in [-0.39, 0.29) is 5.91 Å². The lowest BCUT2D eigenvalue weighted by Crippen LogP contribution is -2.42. The molecule has 4 nitrogen and oxygen atoms in total. The van der Waals surface area contributed by atoms with Gasteiger partial charge in [0.2, 0.25) is 5.91 Å². The number of likely N-dealkylation sites (tertiary alicyclic amines) is 1. The van der Waals surface area contributed by atoms with Crippen molar-refractivity contribution in [1.82, 2.24) is 10.2 Å². The molecular weight excluding hydrogens is 238 g/mol. The Labute approximate surface area is 118 Å². The number of hydrogen-bond donors (Lipinski definition) is 2. The first kappa shape index (κ1) is 16.4. The predicted molar refractivity (Wildman–Crippen MR) is 80.0 cm³/mol. The number of nitrogens with two attached hydrogens (primary N) is 1. The van der Waals surface area contributed by atoms with Gasteiger partial charge in [0.25, 0.3) is 0 Å². The molecule has 1 unspecified atom stereocenters. The van der Waals surface area contributed by atoms with Crippen LogP contribution >= 0.6 is 0 Å². The van der Waals surface area contributed by atoms with E-state index in [1.807, 2.05) is 0 Å². The number of primary amides is 1. The lowest BCUT2D eigenvalue weighted by molar-refractivity contribution is -0.118. The number of hydrogen-bond acceptors (Lipinski definition) is 3. The summed E-state index contributed by atoms with van der Waals surface area (Å²) in [7, 11) is 0. The first-order valence-electron chi connectivity index (χ1n) is 7.87. The van der Waals surface area contributed by atoms with Crippen LogP contribution in [0.3, 0.4) is 0 Å². The van der Waals surface area contributed by atoms with Crippen LogP contribution in [0.2, 0.25) is 0 Å². The topological polar surface area (TPSA) is 58.4 Å². The normalized spacial score (nSPS) is 19.5. The van der Waals surface area contributed by atoms with Gasteiger partial charge in [0.1, 0.15) is 0 Å². The molecule has 1 amide bonds. The molecule has 1 aliphatic rings. The summed E-state index contributed by atoms with van der Waals surface area (Å²) in [5.74, 6) is 0.626. The van der Waals surface area contributed by atoms with Gasteiger partial charge in [-0.25, -0.2) is 0 Å². The zero-order chi connectivity index (χ0) is 14.1. The fourth-order valence-corrected chi connectivity index (χ4v) is 2.91. The first-order chi connectivity index (χ1) is 9.13. The van der Waals surface area contributed by atoms with E-state index in [1.165, 1.54) is 38.9 Å². The summed E-state index contributed by atoms with van der Waals surface area (Å²) in [6, 6.07) is 0.595. The second kappa shape index (κ2) is 9.32. The molecule has 4 heteroatoms. The maximum Gasteiger partial charge on any atom is 0.217 e. The van der Waals surface area contributed by atoms with Crippen molar-refractivity contribution in [2.24, 2.45) is 11.7 Å². The molecule has 1 rings (SSSR count). The quantitative estimate of drug-likeness (QED) is 0.627. The molecule has 0 radical (unpaired) electrons. The highest BCUT2D eigenvalue weighted by atomic mass is 16.1. The molecule has 0 aromatic carbocycles. The summed E-state index contributed by atoms with van der Waals surface area (Å²) in [5, 5.41) is 3.60. The number of rotatable bonds is 9. The zero-order valence-corrected chi connectivity index (χ0v) is 12.7. The molecule has 0 bridgehead atoms. The lowest BCUT2D eigenvalue weighted by atomic mass is 9.90. The van der Waals surface area contributed by atoms with E-state index >= 15 is 0 Å². The molecule has 1 saturated heterocycles. The van der Waals surface area contributed by atoms with Gasteiger partial charge in [-0.05, 0) is 71.1 Å². The highest BCUT2D eigenvalue weighted by molar-refractivity contribution is 5.73. The van der Waals surface area contributed by atoms with Crippen molar-refractivity contribution in [2.75, 3.05) is 26.2 Å². The Kier molecular flexibility index (Phi) is 8.07. The number of carbonyl (C=O) groups excluding carboxylic acids is 1. The average Bonchev–Trinajstić information content (AvgIpc) is 2.39. The van der Waals surface area contributed by atoms with E-state index in [2.05, 4.69) is 24.1 Å². The van der Waals surface area contributed by atoms with Crippen molar-refractivity contribution < 1.29 is 4.79 Å². The Hall–Kier alpha value is -0.610. The van der Waals surface area contributed by atoms with Crippen LogP contribution in [0, 0.1) is 5.92 Å². The average molecular weight is 269 g/mol. The number of unbranched alkanes of at least 4 members (excludes halogenated alkanes) is 1. The Morgan fingerprint density at radius 2 is 2.05 bits per heavy atom. The van der Waals surface area contributed by atoms with Gasteiger partial charge in [0.15, 0.2) is 0 Å². The SMILES string of the molecule is CCCN1CCC(C(C)NCCCCC(N)=O)CC1. The molecule has 0 aromatic rings. The Morgan fingerprint density at radius 1 is 1.37 bits per heavy atom. The van der Waals surface area contributed by atoms with E-state index < -0.39 is 0 Å². The van der Waals surface area contributed by atoms with E-state index in [0.29, 0.717) is 12.5 Å². The van der Waals surface area contributed by atoms with Crippen molar-refractivity contribution in [3.63, 3.8) is 0 Å². The zero-order valence-electron chi connectivity index (χ0n) is 12.7. The summed E-state index contributed by atoms with van der Waals surface area (Å²) in [4.78, 5) is 13.2. The molecule has 0 saturated carbocycles. The predicted octanol–water partition coefficient (Wildman–Crippen LogP) is 1.74. The Balaban J connectivity index is 2.07. The van der Waals surface area contributed by atoms with Gasteiger partial charge in [-0.3, -0.25) is 4.79 Å². The van der Waals surface area contributed by atoms with E-state index in [0.717, 1.165) is 25.3 Å². The summed E-state index contributed by atoms with van der Waals surface area (Å²) in [5.41, 5.74) is 5.13. The fraction of sp³-hybridized carbons (Fsp3) is 0.933. The molecule has 3 N–H and O–H groups in total. The maximum atomic E-state index is 10.6. The monoisotopic (exact) mass is 269 g/mol. The van der Waals surface area contributed by atoms with Crippen molar-refractivity contribution in [1.29, 1.82) is 0 Å². The number of nitrogens with one attached hydrogen (secondary N) is 1. The number of piperidine rings is 1. The summed E-state index contributed by atoms with van der Waals surface area (Å²) in [6.45, 7) is 9.32. The fourth-order valence-electron chi connectivity index (χ4n) is 2.91. The van der Waals surface area contributed by atoms with Crippen molar-refractivity contribution in [3.8, 4) is 0 Å². The molecule has 1 fully saturated rings. The van der Waals surface area contributed by atoms with Crippen LogP contribution in [-0.4, -0.2) is 43.0 Å². The van der Waals surface area contributed by atoms with Gasteiger partial charge >= 0.3 is 0 Å². The smallest absolute Gasteiger partial charge is 0.217 e.